The largest absolute Gasteiger partial charge is 0.503 e. The third-order valence-corrected chi connectivity index (χ3v) is 8.86. The van der Waals surface area contributed by atoms with Crippen LogP contribution in [-0.2, 0) is 35.3 Å². The quantitative estimate of drug-likeness (QED) is 0.0778. The highest BCUT2D eigenvalue weighted by atomic mass is 32.2. The number of pyridine rings is 1. The highest BCUT2D eigenvalue weighted by Crippen LogP contribution is 2.42. The summed E-state index contributed by atoms with van der Waals surface area (Å²) in [4.78, 5) is 77.5. The highest BCUT2D eigenvalue weighted by molar-refractivity contribution is 8.00. The molecule has 4 heterocycles. The van der Waals surface area contributed by atoms with E-state index >= 15 is 0 Å². The first-order valence-corrected chi connectivity index (χ1v) is 15.8. The Balaban J connectivity index is 1.57. The van der Waals surface area contributed by atoms with Crippen molar-refractivity contribution in [1.29, 1.82) is 0 Å². The number of nitrogens with one attached hydrogen (secondary N) is 2. The van der Waals surface area contributed by atoms with Crippen LogP contribution in [0.1, 0.15) is 46.0 Å². The molecule has 2 aromatic heterocycles. The van der Waals surface area contributed by atoms with E-state index in [1.807, 2.05) is 0 Å². The lowest BCUT2D eigenvalue weighted by Crippen LogP contribution is -2.71. The van der Waals surface area contributed by atoms with Crippen LogP contribution in [0.3, 0.4) is 0 Å². The molecule has 18 heteroatoms. The van der Waals surface area contributed by atoms with Crippen molar-refractivity contribution >= 4 is 57.7 Å². The molecule has 2 aliphatic heterocycles. The summed E-state index contributed by atoms with van der Waals surface area (Å²) < 4.78 is 5.36. The summed E-state index contributed by atoms with van der Waals surface area (Å²) >= 11 is 2.29. The molecule has 4 rings (SSSR count). The first kappa shape index (κ1) is 34.5. The van der Waals surface area contributed by atoms with Gasteiger partial charge in [-0.25, -0.2) is 14.6 Å². The third kappa shape index (κ3) is 7.18. The van der Waals surface area contributed by atoms with Gasteiger partial charge >= 0.3 is 11.9 Å². The molecule has 0 aliphatic carbocycles. The number of oxime groups is 1. The number of aliphatic carboxylic acids is 1. The number of anilines is 1. The molecule has 2 aromatic rings. The van der Waals surface area contributed by atoms with Crippen molar-refractivity contribution in [2.75, 3.05) is 25.6 Å². The fourth-order valence-electron chi connectivity index (χ4n) is 4.59. The van der Waals surface area contributed by atoms with Crippen LogP contribution in [0.2, 0.25) is 0 Å². The van der Waals surface area contributed by atoms with Crippen LogP contribution in [0, 0.1) is 0 Å². The van der Waals surface area contributed by atoms with Gasteiger partial charge in [-0.05, 0) is 34.6 Å². The summed E-state index contributed by atoms with van der Waals surface area (Å²) in [6.45, 7) is 8.06. The predicted octanol–water partition coefficient (Wildman–Crippen LogP) is 0.933. The molecule has 0 bridgehead atoms. The summed E-state index contributed by atoms with van der Waals surface area (Å²) in [5, 5.41) is 27.1. The minimum Gasteiger partial charge on any atom is -0.503 e. The average Bonchev–Trinajstić information content (AvgIpc) is 3.37. The van der Waals surface area contributed by atoms with Crippen LogP contribution in [0.15, 0.2) is 39.0 Å². The molecule has 1 fully saturated rings. The lowest BCUT2D eigenvalue weighted by atomic mass is 10.0. The standard InChI is InChI=1S/C28H35N7O9S2/c1-27(2,3)43-25(42)28(4,5)44-33-18(14-11-46-26(29)31-14)21(38)32-19-22(39)34-20(24(40)41)15(12-45-23(19)34)35(6,7)10-13-8-16(36)17(37)9-30-13/h8-9,11,19,23H,10,12H2,1-7H3,(H5-,29,30,31,32,33,36,37,38,40,41)/p+1/t19-,23+/m1/s1. The van der Waals surface area contributed by atoms with Gasteiger partial charge in [-0.3, -0.25) is 23.8 Å². The Bertz CT molecular complexity index is 1700. The summed E-state index contributed by atoms with van der Waals surface area (Å²) in [6.07, 6.45) is 1.16. The summed E-state index contributed by atoms with van der Waals surface area (Å²) in [6, 6.07) is 0.112. The van der Waals surface area contributed by atoms with Crippen molar-refractivity contribution in [3.05, 3.63) is 50.6 Å². The molecule has 0 unspecified atom stereocenters. The van der Waals surface area contributed by atoms with E-state index in [2.05, 4.69) is 20.4 Å². The Hall–Kier alpha value is -4.42. The second-order valence-electron chi connectivity index (χ2n) is 12.6. The topological polar surface area (TPSA) is 227 Å². The molecular formula is C28H36N7O9S2+. The fourth-order valence-corrected chi connectivity index (χ4v) is 6.69. The summed E-state index contributed by atoms with van der Waals surface area (Å²) in [5.41, 5.74) is 3.09. The highest BCUT2D eigenvalue weighted by Gasteiger charge is 2.57. The van der Waals surface area contributed by atoms with E-state index in [-0.39, 0.29) is 39.0 Å². The molecular weight excluding hydrogens is 642 g/mol. The van der Waals surface area contributed by atoms with Gasteiger partial charge in [0.25, 0.3) is 11.8 Å². The van der Waals surface area contributed by atoms with E-state index in [9.17, 15) is 34.2 Å². The molecule has 1 saturated heterocycles. The number of β-lactam (4-membered cyclic amide) rings is 1. The van der Waals surface area contributed by atoms with Gasteiger partial charge in [0, 0.05) is 17.6 Å². The number of carboxylic acid groups (broad SMARTS) is 1. The number of nitrogen functional groups attached to an aromatic ring is 1. The molecule has 46 heavy (non-hydrogen) atoms. The number of thiazole rings is 1. The van der Waals surface area contributed by atoms with E-state index in [1.54, 1.807) is 34.9 Å². The van der Waals surface area contributed by atoms with Gasteiger partial charge in [0.2, 0.25) is 11.0 Å². The smallest absolute Gasteiger partial charge is 0.358 e. The van der Waals surface area contributed by atoms with Crippen LogP contribution in [0.25, 0.3) is 0 Å². The number of carbonyl (C=O) groups is 4. The number of rotatable bonds is 10. The third-order valence-electron chi connectivity index (χ3n) is 6.92. The monoisotopic (exact) mass is 678 g/mol. The van der Waals surface area contributed by atoms with E-state index in [1.165, 1.54) is 37.1 Å². The molecule has 0 radical (unpaired) electrons. The Morgan fingerprint density at radius 1 is 1.24 bits per heavy atom. The second kappa shape index (κ2) is 12.4. The Morgan fingerprint density at radius 3 is 2.48 bits per heavy atom. The van der Waals surface area contributed by atoms with Crippen LogP contribution in [0.4, 0.5) is 5.13 Å². The van der Waals surface area contributed by atoms with Gasteiger partial charge in [0.05, 0.1) is 25.5 Å². The molecule has 2 aliphatic rings. The minimum absolute atomic E-state index is 0.0182. The maximum absolute atomic E-state index is 13.5. The SMILES string of the molecule is CC(C)(C)OC(=O)C(C)(C)ON=C(C(=O)N[C@@H]1C(=O)N2C(C(=O)O)=C([N+](C)(C)Cc3cc(=O)c(O)c[nH]3)CS[C@@H]12)c1csc(N)n1. The number of thioether (sulfide) groups is 1. The number of fused-ring (bicyclic) bond motifs is 1. The van der Waals surface area contributed by atoms with Gasteiger partial charge in [-0.2, -0.15) is 0 Å². The van der Waals surface area contributed by atoms with Crippen molar-refractivity contribution in [3.8, 4) is 5.75 Å². The van der Waals surface area contributed by atoms with Crippen LogP contribution in [0.5, 0.6) is 5.75 Å². The van der Waals surface area contributed by atoms with Gasteiger partial charge in [-0.15, -0.1) is 23.1 Å². The number of aromatic nitrogens is 2. The van der Waals surface area contributed by atoms with Crippen molar-refractivity contribution in [1.82, 2.24) is 20.2 Å². The Kier molecular flexibility index (Phi) is 9.29. The number of nitrogens with two attached hydrogens (primary N) is 1. The van der Waals surface area contributed by atoms with E-state index in [4.69, 9.17) is 15.3 Å². The van der Waals surface area contributed by atoms with Gasteiger partial charge in [0.1, 0.15) is 29.3 Å². The zero-order valence-electron chi connectivity index (χ0n) is 26.2. The Labute approximate surface area is 271 Å². The first-order chi connectivity index (χ1) is 21.2. The zero-order chi connectivity index (χ0) is 34.4. The fraction of sp³-hybridized carbons (Fsp3) is 0.464. The normalized spacial score (nSPS) is 18.9. The number of carboxylic acids is 1. The number of aromatic amines is 1. The van der Waals surface area contributed by atoms with Crippen molar-refractivity contribution < 1.29 is 43.4 Å². The molecule has 0 aromatic carbocycles. The molecule has 248 valence electrons. The van der Waals surface area contributed by atoms with Crippen LogP contribution in [-0.4, -0.2) is 101 Å². The molecule has 2 amide bonds. The maximum Gasteiger partial charge on any atom is 0.358 e. The summed E-state index contributed by atoms with van der Waals surface area (Å²) in [5.74, 6) is -3.84. The lowest BCUT2D eigenvalue weighted by molar-refractivity contribution is -0.866. The summed E-state index contributed by atoms with van der Waals surface area (Å²) in [7, 11) is 3.46. The number of carbonyl (C=O) groups excluding carboxylic acids is 3. The lowest BCUT2D eigenvalue weighted by Gasteiger charge is -2.50. The van der Waals surface area contributed by atoms with E-state index < -0.39 is 57.5 Å². The number of nitrogens with zero attached hydrogens (tertiary/aromatic N) is 4. The van der Waals surface area contributed by atoms with E-state index in [0.717, 1.165) is 22.4 Å². The molecule has 0 saturated carbocycles. The molecule has 2 atom stereocenters. The second-order valence-corrected chi connectivity index (χ2v) is 14.6. The minimum atomic E-state index is -1.60. The van der Waals surface area contributed by atoms with Gasteiger partial charge < -0.3 is 35.8 Å². The molecule has 6 N–H and O–H groups in total. The average molecular weight is 679 g/mol. The van der Waals surface area contributed by atoms with E-state index in [0.29, 0.717) is 11.4 Å². The molecule has 16 nitrogen and oxygen atoms in total. The van der Waals surface area contributed by atoms with Crippen LogP contribution < -0.4 is 16.5 Å². The first-order valence-electron chi connectivity index (χ1n) is 13.9. The number of esters is 1. The number of quaternary nitrogens is 1. The predicted molar refractivity (Wildman–Crippen MR) is 168 cm³/mol. The molecule has 0 spiro atoms. The van der Waals surface area contributed by atoms with Crippen molar-refractivity contribution in [3.63, 3.8) is 0 Å². The number of hydrogen-bond donors (Lipinski definition) is 5. The van der Waals surface area contributed by atoms with Crippen molar-refractivity contribution in [2.24, 2.45) is 5.16 Å². The zero-order valence-corrected chi connectivity index (χ0v) is 27.9. The number of hydrogen-bond acceptors (Lipinski definition) is 13. The number of amides is 2. The Morgan fingerprint density at radius 2 is 1.91 bits per heavy atom. The number of H-pyrrole nitrogens is 1. The number of ether oxygens (including phenoxy) is 1. The number of aromatic hydroxyl groups is 1. The van der Waals surface area contributed by atoms with Crippen LogP contribution >= 0.6 is 23.1 Å². The maximum atomic E-state index is 13.5. The van der Waals surface area contributed by atoms with Crippen molar-refractivity contribution in [2.45, 2.75) is 63.8 Å². The van der Waals surface area contributed by atoms with Gasteiger partial charge in [-0.1, -0.05) is 5.16 Å². The van der Waals surface area contributed by atoms with Gasteiger partial charge in [0.15, 0.2) is 28.0 Å².